The summed E-state index contributed by atoms with van der Waals surface area (Å²) in [5.74, 6) is 0. The Bertz CT molecular complexity index is 533. The second-order valence-electron chi connectivity index (χ2n) is 4.81. The molecule has 0 bridgehead atoms. The molecule has 1 heterocycles. The molecule has 0 spiro atoms. The monoisotopic (exact) mass is 349 g/mol. The molecule has 0 aliphatic rings. The van der Waals surface area contributed by atoms with Crippen molar-refractivity contribution in [2.45, 2.75) is 0 Å². The van der Waals surface area contributed by atoms with Gasteiger partial charge in [0.1, 0.15) is 14.1 Å². The first-order valence-corrected chi connectivity index (χ1v) is 7.95. The first kappa shape index (κ1) is 20.4. The van der Waals surface area contributed by atoms with Crippen molar-refractivity contribution in [1.82, 2.24) is 9.88 Å². The minimum absolute atomic E-state index is 0.986. The summed E-state index contributed by atoms with van der Waals surface area (Å²) in [6.45, 7) is 0. The summed E-state index contributed by atoms with van der Waals surface area (Å²) in [6.07, 6.45) is 5.92. The Balaban J connectivity index is 0.000000534. The molecule has 0 aliphatic heterocycles. The maximum absolute atomic E-state index is 10.7. The fraction of sp³-hybridized carbons (Fsp3) is 0.333. The van der Waals surface area contributed by atoms with E-state index in [4.69, 9.17) is 0 Å². The summed E-state index contributed by atoms with van der Waals surface area (Å²) in [6, 6.07) is 5.93. The number of hydrogen-bond acceptors (Lipinski definition) is 2. The molecule has 22 heavy (non-hydrogen) atoms. The Kier molecular flexibility index (Phi) is 5.78. The van der Waals surface area contributed by atoms with Gasteiger partial charge in [0, 0.05) is 26.5 Å². The first-order valence-electron chi connectivity index (χ1n) is 5.92. The first-order chi connectivity index (χ1) is 9.54. The molecule has 0 amide bonds. The number of aromatic nitrogens is 1. The number of rotatable bonds is 3. The van der Waals surface area contributed by atoms with Gasteiger partial charge in [-0.2, -0.15) is 0 Å². The number of pyridine rings is 1. The molecular formula is C12H18F6N3P. The van der Waals surface area contributed by atoms with E-state index < -0.39 is 7.81 Å². The van der Waals surface area contributed by atoms with Gasteiger partial charge in [-0.05, 0) is 12.1 Å². The van der Waals surface area contributed by atoms with Gasteiger partial charge < -0.3 is 4.90 Å². The third-order valence-corrected chi connectivity index (χ3v) is 1.76. The van der Waals surface area contributed by atoms with Gasteiger partial charge in [0.15, 0.2) is 6.21 Å². The van der Waals surface area contributed by atoms with Gasteiger partial charge in [0.05, 0.1) is 11.3 Å². The molecule has 1 aromatic heterocycles. The van der Waals surface area contributed by atoms with Crippen molar-refractivity contribution in [1.29, 1.82) is 0 Å². The third kappa shape index (κ3) is 16.4. The van der Waals surface area contributed by atoms with Crippen molar-refractivity contribution >= 4 is 19.6 Å². The Morgan fingerprint density at radius 2 is 1.59 bits per heavy atom. The van der Waals surface area contributed by atoms with E-state index in [9.17, 15) is 25.2 Å². The van der Waals surface area contributed by atoms with Crippen molar-refractivity contribution < 1.29 is 29.8 Å². The van der Waals surface area contributed by atoms with E-state index in [0.29, 0.717) is 0 Å². The van der Waals surface area contributed by atoms with Crippen molar-refractivity contribution in [3.63, 3.8) is 0 Å². The molecule has 0 radical (unpaired) electrons. The Hall–Kier alpha value is -1.63. The van der Waals surface area contributed by atoms with Gasteiger partial charge >= 0.3 is 33.0 Å². The molecule has 1 aromatic rings. The summed E-state index contributed by atoms with van der Waals surface area (Å²) < 4.78 is 61.2. The molecule has 128 valence electrons. The van der Waals surface area contributed by atoms with Crippen LogP contribution in [0.4, 0.5) is 25.2 Å². The standard InChI is InChI=1S/C12H18N3.F6P/c1-14(2)9-11(10-15(3)4)12-7-5-6-8-13-12;1-7(2,3,4,5)6/h5-10H,1-4H3;/q+1;-1. The molecule has 0 saturated carbocycles. The molecule has 10 heteroatoms. The van der Waals surface area contributed by atoms with Crippen LogP contribution < -0.4 is 0 Å². The molecule has 0 atom stereocenters. The van der Waals surface area contributed by atoms with Gasteiger partial charge in [-0.3, -0.25) is 4.98 Å². The van der Waals surface area contributed by atoms with Gasteiger partial charge in [0.25, 0.3) is 0 Å². The van der Waals surface area contributed by atoms with Crippen LogP contribution in [0, 0.1) is 0 Å². The van der Waals surface area contributed by atoms with E-state index in [1.807, 2.05) is 62.1 Å². The minimum atomic E-state index is -10.7. The van der Waals surface area contributed by atoms with Gasteiger partial charge in [-0.15, -0.1) is 0 Å². The van der Waals surface area contributed by atoms with E-state index in [1.54, 1.807) is 0 Å². The average molecular weight is 349 g/mol. The summed E-state index contributed by atoms with van der Waals surface area (Å²) >= 11 is 0. The van der Waals surface area contributed by atoms with Crippen molar-refractivity contribution in [2.75, 3.05) is 28.2 Å². The number of nitrogens with zero attached hydrogens (tertiary/aromatic N) is 3. The zero-order chi connectivity index (χ0) is 17.7. The van der Waals surface area contributed by atoms with Crippen LogP contribution >= 0.6 is 7.81 Å². The quantitative estimate of drug-likeness (QED) is 0.341. The van der Waals surface area contributed by atoms with Gasteiger partial charge in [-0.25, -0.2) is 4.58 Å². The predicted octanol–water partition coefficient (Wildman–Crippen LogP) is 4.71. The van der Waals surface area contributed by atoms with Crippen LogP contribution in [0.2, 0.25) is 0 Å². The summed E-state index contributed by atoms with van der Waals surface area (Å²) in [7, 11) is -2.63. The second kappa shape index (κ2) is 6.24. The van der Waals surface area contributed by atoms with Crippen LogP contribution in [-0.2, 0) is 0 Å². The van der Waals surface area contributed by atoms with Crippen LogP contribution in [0.25, 0.3) is 5.57 Å². The number of halogens is 6. The second-order valence-corrected chi connectivity index (χ2v) is 6.73. The van der Waals surface area contributed by atoms with Crippen LogP contribution in [0.1, 0.15) is 5.69 Å². The van der Waals surface area contributed by atoms with E-state index >= 15 is 0 Å². The third-order valence-electron chi connectivity index (χ3n) is 1.76. The van der Waals surface area contributed by atoms with E-state index in [1.165, 1.54) is 0 Å². The molecule has 0 N–H and O–H groups in total. The molecule has 0 unspecified atom stereocenters. The van der Waals surface area contributed by atoms with E-state index in [0.717, 1.165) is 11.3 Å². The summed E-state index contributed by atoms with van der Waals surface area (Å²) in [5.41, 5.74) is 2.09. The Morgan fingerprint density at radius 3 is 1.91 bits per heavy atom. The fourth-order valence-corrected chi connectivity index (χ4v) is 1.26. The van der Waals surface area contributed by atoms with Crippen LogP contribution in [-0.4, -0.2) is 48.9 Å². The van der Waals surface area contributed by atoms with Gasteiger partial charge in [-0.1, -0.05) is 6.07 Å². The Morgan fingerprint density at radius 1 is 1.09 bits per heavy atom. The molecule has 0 aromatic carbocycles. The SMILES string of the molecule is CN(C)/C=C(/C=[N+](C)C)c1ccccn1.F[P-](F)(F)(F)(F)F. The topological polar surface area (TPSA) is 19.1 Å². The molecule has 0 fully saturated rings. The maximum atomic E-state index is 9.87. The van der Waals surface area contributed by atoms with Crippen molar-refractivity contribution in [2.24, 2.45) is 0 Å². The average Bonchev–Trinajstić information content (AvgIpc) is 2.24. The molecule has 3 nitrogen and oxygen atoms in total. The zero-order valence-corrected chi connectivity index (χ0v) is 13.4. The summed E-state index contributed by atoms with van der Waals surface area (Å²) in [4.78, 5) is 6.35. The van der Waals surface area contributed by atoms with Crippen molar-refractivity contribution in [3.05, 3.63) is 36.3 Å². The zero-order valence-electron chi connectivity index (χ0n) is 12.5. The van der Waals surface area contributed by atoms with E-state index in [2.05, 4.69) is 17.4 Å². The van der Waals surface area contributed by atoms with Gasteiger partial charge in [0.2, 0.25) is 0 Å². The molecule has 1 rings (SSSR count). The summed E-state index contributed by atoms with van der Waals surface area (Å²) in [5, 5.41) is 0. The fourth-order valence-electron chi connectivity index (χ4n) is 1.26. The van der Waals surface area contributed by atoms with Crippen LogP contribution in [0.3, 0.4) is 0 Å². The predicted molar refractivity (Wildman–Crippen MR) is 77.6 cm³/mol. The normalized spacial score (nSPS) is 14.9. The van der Waals surface area contributed by atoms with Crippen LogP contribution in [0.15, 0.2) is 30.6 Å². The number of hydrogen-bond donors (Lipinski definition) is 0. The van der Waals surface area contributed by atoms with Crippen LogP contribution in [0.5, 0.6) is 0 Å². The molecule has 0 saturated heterocycles. The van der Waals surface area contributed by atoms with Crippen molar-refractivity contribution in [3.8, 4) is 0 Å². The molecule has 0 aliphatic carbocycles. The van der Waals surface area contributed by atoms with E-state index in [-0.39, 0.29) is 0 Å². The molecular weight excluding hydrogens is 331 g/mol. The number of allylic oxidation sites excluding steroid dienone is 1. The Labute approximate surface area is 124 Å².